The Morgan fingerprint density at radius 3 is 2.85 bits per heavy atom. The molecule has 0 saturated carbocycles. The van der Waals surface area contributed by atoms with E-state index in [1.807, 2.05) is 64.9 Å². The molecule has 7 heteroatoms. The Hall–Kier alpha value is -3.03. The minimum Gasteiger partial charge on any atom is -0.451 e. The number of piperidine rings is 1. The van der Waals surface area contributed by atoms with Crippen LogP contribution < -0.4 is 5.32 Å². The molecule has 2 amide bonds. The summed E-state index contributed by atoms with van der Waals surface area (Å²) < 4.78 is 7.19. The fourth-order valence-corrected chi connectivity index (χ4v) is 5.91. The van der Waals surface area contributed by atoms with Gasteiger partial charge in [-0.25, -0.2) is 0 Å². The van der Waals surface area contributed by atoms with Crippen molar-refractivity contribution in [2.24, 2.45) is 0 Å². The van der Waals surface area contributed by atoms with Gasteiger partial charge in [0.25, 0.3) is 5.91 Å². The third kappa shape index (κ3) is 4.99. The highest BCUT2D eigenvalue weighted by Crippen LogP contribution is 2.34. The minimum atomic E-state index is -0.265. The number of amides is 2. The number of para-hydroxylation sites is 1. The molecule has 5 rings (SSSR count). The SMILES string of the molecule is O=C(Nc1cccc(CN2CCCCC2=O)c1)c1oc2ccccc2c1CSc1cccs1. The summed E-state index contributed by atoms with van der Waals surface area (Å²) in [5, 5.41) is 6.01. The predicted octanol–water partition coefficient (Wildman–Crippen LogP) is 6.55. The third-order valence-electron chi connectivity index (χ3n) is 5.74. The largest absolute Gasteiger partial charge is 0.451 e. The van der Waals surface area contributed by atoms with Gasteiger partial charge in [0, 0.05) is 41.9 Å². The Balaban J connectivity index is 1.36. The summed E-state index contributed by atoms with van der Waals surface area (Å²) >= 11 is 3.39. The van der Waals surface area contributed by atoms with Crippen molar-refractivity contribution >= 4 is 51.6 Å². The molecule has 0 aliphatic carbocycles. The van der Waals surface area contributed by atoms with Gasteiger partial charge in [-0.05, 0) is 48.1 Å². The van der Waals surface area contributed by atoms with Gasteiger partial charge in [-0.3, -0.25) is 9.59 Å². The molecule has 33 heavy (non-hydrogen) atoms. The molecule has 4 aromatic rings. The summed E-state index contributed by atoms with van der Waals surface area (Å²) in [7, 11) is 0. The van der Waals surface area contributed by atoms with Crippen LogP contribution in [0.15, 0.2) is 74.7 Å². The molecule has 1 fully saturated rings. The zero-order valence-electron chi connectivity index (χ0n) is 18.1. The molecule has 3 heterocycles. The number of rotatable bonds is 7. The smallest absolute Gasteiger partial charge is 0.291 e. The topological polar surface area (TPSA) is 62.6 Å². The van der Waals surface area contributed by atoms with Crippen molar-refractivity contribution in [2.45, 2.75) is 35.8 Å². The maximum atomic E-state index is 13.2. The van der Waals surface area contributed by atoms with Crippen LogP contribution >= 0.6 is 23.1 Å². The lowest BCUT2D eigenvalue weighted by Gasteiger charge is -2.26. The Morgan fingerprint density at radius 1 is 1.09 bits per heavy atom. The molecule has 0 spiro atoms. The predicted molar refractivity (Wildman–Crippen MR) is 134 cm³/mol. The number of thioether (sulfide) groups is 1. The molecular formula is C26H24N2O3S2. The summed E-state index contributed by atoms with van der Waals surface area (Å²) in [5.74, 6) is 0.930. The van der Waals surface area contributed by atoms with E-state index in [-0.39, 0.29) is 11.8 Å². The van der Waals surface area contributed by atoms with Crippen molar-refractivity contribution in [3.8, 4) is 0 Å². The maximum Gasteiger partial charge on any atom is 0.291 e. The van der Waals surface area contributed by atoms with Gasteiger partial charge in [0.15, 0.2) is 5.76 Å². The first kappa shape index (κ1) is 21.8. The first-order valence-electron chi connectivity index (χ1n) is 11.0. The van der Waals surface area contributed by atoms with E-state index in [1.165, 1.54) is 4.21 Å². The summed E-state index contributed by atoms with van der Waals surface area (Å²) in [6.45, 7) is 1.36. The van der Waals surface area contributed by atoms with Crippen molar-refractivity contribution < 1.29 is 14.0 Å². The van der Waals surface area contributed by atoms with Gasteiger partial charge in [0.1, 0.15) is 5.58 Å². The van der Waals surface area contributed by atoms with Crippen LogP contribution in [0.4, 0.5) is 5.69 Å². The Kier molecular flexibility index (Phi) is 6.51. The lowest BCUT2D eigenvalue weighted by molar-refractivity contribution is -0.133. The molecule has 0 radical (unpaired) electrons. The maximum absolute atomic E-state index is 13.2. The van der Waals surface area contributed by atoms with Crippen LogP contribution in [0.1, 0.15) is 40.9 Å². The molecule has 1 aliphatic rings. The number of anilines is 1. The van der Waals surface area contributed by atoms with Crippen LogP contribution in [0.5, 0.6) is 0 Å². The monoisotopic (exact) mass is 476 g/mol. The summed E-state index contributed by atoms with van der Waals surface area (Å²) in [4.78, 5) is 27.3. The third-order valence-corrected chi connectivity index (χ3v) is 7.90. The molecule has 0 bridgehead atoms. The highest BCUT2D eigenvalue weighted by molar-refractivity contribution is 8.00. The number of thiophene rings is 1. The lowest BCUT2D eigenvalue weighted by Crippen LogP contribution is -2.34. The van der Waals surface area contributed by atoms with E-state index >= 15 is 0 Å². The zero-order chi connectivity index (χ0) is 22.6. The number of carbonyl (C=O) groups excluding carboxylic acids is 2. The van der Waals surface area contributed by atoms with E-state index in [2.05, 4.69) is 11.4 Å². The Morgan fingerprint density at radius 2 is 2.00 bits per heavy atom. The van der Waals surface area contributed by atoms with Gasteiger partial charge in [0.2, 0.25) is 5.91 Å². The van der Waals surface area contributed by atoms with Crippen molar-refractivity contribution in [1.29, 1.82) is 0 Å². The average Bonchev–Trinajstić information content (AvgIpc) is 3.47. The molecule has 1 saturated heterocycles. The molecule has 1 N–H and O–H groups in total. The van der Waals surface area contributed by atoms with Crippen molar-refractivity contribution in [3.05, 3.63) is 82.9 Å². The summed E-state index contributed by atoms with van der Waals surface area (Å²) in [6, 6.07) is 19.6. The number of furan rings is 1. The van der Waals surface area contributed by atoms with E-state index in [4.69, 9.17) is 4.42 Å². The number of likely N-dealkylation sites (tertiary alicyclic amines) is 1. The number of hydrogen-bond acceptors (Lipinski definition) is 5. The first-order valence-corrected chi connectivity index (χ1v) is 12.9. The van der Waals surface area contributed by atoms with E-state index in [0.29, 0.717) is 35.7 Å². The van der Waals surface area contributed by atoms with Crippen LogP contribution in [0.3, 0.4) is 0 Å². The molecule has 168 valence electrons. The van der Waals surface area contributed by atoms with Gasteiger partial charge in [-0.2, -0.15) is 0 Å². The van der Waals surface area contributed by atoms with Gasteiger partial charge in [0.05, 0.1) is 4.21 Å². The van der Waals surface area contributed by atoms with E-state index in [1.54, 1.807) is 23.1 Å². The van der Waals surface area contributed by atoms with Crippen LogP contribution in [-0.4, -0.2) is 23.3 Å². The summed E-state index contributed by atoms with van der Waals surface area (Å²) in [6.07, 6.45) is 2.63. The standard InChI is InChI=1S/C26H24N2O3S2/c29-23-11-3-4-13-28(23)16-18-7-5-8-19(15-18)27-26(30)25-21(17-33-24-12-6-14-32-24)20-9-1-2-10-22(20)31-25/h1-2,5-10,12,14-15H,3-4,11,13,16-17H2,(H,27,30). The second-order valence-corrected chi connectivity index (χ2v) is 10.3. The molecular weight excluding hydrogens is 452 g/mol. The molecule has 2 aromatic heterocycles. The van der Waals surface area contributed by atoms with Gasteiger partial charge in [-0.15, -0.1) is 23.1 Å². The molecule has 5 nitrogen and oxygen atoms in total. The fourth-order valence-electron chi connectivity index (χ4n) is 4.10. The first-order chi connectivity index (χ1) is 16.2. The zero-order valence-corrected chi connectivity index (χ0v) is 19.7. The molecule has 2 aromatic carbocycles. The van der Waals surface area contributed by atoms with Gasteiger partial charge in [-0.1, -0.05) is 36.4 Å². The molecule has 0 atom stereocenters. The highest BCUT2D eigenvalue weighted by Gasteiger charge is 2.22. The van der Waals surface area contributed by atoms with Crippen LogP contribution in [-0.2, 0) is 17.1 Å². The van der Waals surface area contributed by atoms with Crippen LogP contribution in [0.2, 0.25) is 0 Å². The Labute approximate surface area is 200 Å². The fraction of sp³-hybridized carbons (Fsp3) is 0.231. The van der Waals surface area contributed by atoms with Crippen LogP contribution in [0.25, 0.3) is 11.0 Å². The molecule has 0 unspecified atom stereocenters. The van der Waals surface area contributed by atoms with Crippen molar-refractivity contribution in [3.63, 3.8) is 0 Å². The number of nitrogens with zero attached hydrogens (tertiary/aromatic N) is 1. The Bertz CT molecular complexity index is 1280. The van der Waals surface area contributed by atoms with E-state index < -0.39 is 0 Å². The summed E-state index contributed by atoms with van der Waals surface area (Å²) in [5.41, 5.74) is 3.30. The van der Waals surface area contributed by atoms with Gasteiger partial charge >= 0.3 is 0 Å². The second kappa shape index (κ2) is 9.85. The quantitative estimate of drug-likeness (QED) is 0.307. The number of nitrogens with one attached hydrogen (secondary N) is 1. The second-order valence-electron chi connectivity index (χ2n) is 8.05. The van der Waals surface area contributed by atoms with E-state index in [9.17, 15) is 9.59 Å². The number of benzene rings is 2. The average molecular weight is 477 g/mol. The minimum absolute atomic E-state index is 0.200. The van der Waals surface area contributed by atoms with Crippen LogP contribution in [0, 0.1) is 0 Å². The lowest BCUT2D eigenvalue weighted by atomic mass is 10.1. The number of carbonyl (C=O) groups is 2. The van der Waals surface area contributed by atoms with E-state index in [0.717, 1.165) is 35.9 Å². The number of fused-ring (bicyclic) bond motifs is 1. The van der Waals surface area contributed by atoms with Crippen molar-refractivity contribution in [2.75, 3.05) is 11.9 Å². The highest BCUT2D eigenvalue weighted by atomic mass is 32.2. The number of hydrogen-bond donors (Lipinski definition) is 1. The van der Waals surface area contributed by atoms with Crippen molar-refractivity contribution in [1.82, 2.24) is 4.90 Å². The van der Waals surface area contributed by atoms with Gasteiger partial charge < -0.3 is 14.6 Å². The normalized spacial score (nSPS) is 14.1. The molecule has 1 aliphatic heterocycles.